The number of hydrogen-bond donors (Lipinski definition) is 0. The minimum absolute atomic E-state index is 0.156. The van der Waals surface area contributed by atoms with Gasteiger partial charge in [-0.1, -0.05) is 34.8 Å². The van der Waals surface area contributed by atoms with Crippen LogP contribution in [0.15, 0.2) is 0 Å². The third-order valence-electron chi connectivity index (χ3n) is 0.357. The second-order valence-electron chi connectivity index (χ2n) is 0.900. The molecule has 1 unspecified atom stereocenters. The molecule has 0 fully saturated rings. The van der Waals surface area contributed by atoms with Crippen LogP contribution in [-0.4, -0.2) is 12.5 Å². The molecule has 0 saturated carbocycles. The van der Waals surface area contributed by atoms with Gasteiger partial charge in [-0.3, -0.25) is 4.21 Å². The van der Waals surface area contributed by atoms with E-state index in [4.69, 9.17) is 46.4 Å². The van der Waals surface area contributed by atoms with Crippen LogP contribution in [0.3, 0.4) is 0 Å². The van der Waals surface area contributed by atoms with E-state index in [1.165, 1.54) is 0 Å². The van der Waals surface area contributed by atoms with E-state index < -0.39 is 13.9 Å². The van der Waals surface area contributed by atoms with Crippen LogP contribution in [0.2, 0.25) is 0 Å². The number of alkyl halides is 4. The monoisotopic (exact) mass is 214 g/mol. The van der Waals surface area contributed by atoms with Crippen molar-refractivity contribution in [2.75, 3.05) is 5.21 Å². The van der Waals surface area contributed by atoms with Gasteiger partial charge in [0.05, 0.1) is 10.8 Å². The van der Waals surface area contributed by atoms with Crippen LogP contribution in [0.25, 0.3) is 0 Å². The van der Waals surface area contributed by atoms with Crippen LogP contribution in [0.5, 0.6) is 0 Å². The van der Waals surface area contributed by atoms with Crippen molar-refractivity contribution >= 4 is 57.2 Å². The molecule has 0 N–H and O–H groups in total. The molecule has 50 valence electrons. The van der Waals surface area contributed by atoms with Gasteiger partial charge in [0.15, 0.2) is 0 Å². The maximum Gasteiger partial charge on any atom is 0.267 e. The highest BCUT2D eigenvalue weighted by molar-refractivity contribution is 7.92. The first-order valence-corrected chi connectivity index (χ1v) is 4.48. The third kappa shape index (κ3) is 3.36. The van der Waals surface area contributed by atoms with Crippen molar-refractivity contribution in [3.05, 3.63) is 0 Å². The first-order chi connectivity index (χ1) is 3.48. The van der Waals surface area contributed by atoms with E-state index in [2.05, 4.69) is 0 Å². The van der Waals surface area contributed by atoms with Crippen LogP contribution >= 0.6 is 46.4 Å². The minimum Gasteiger partial charge on any atom is -0.254 e. The van der Waals surface area contributed by atoms with Crippen molar-refractivity contribution in [1.82, 2.24) is 0 Å². The van der Waals surface area contributed by atoms with Crippen molar-refractivity contribution in [3.63, 3.8) is 0 Å². The van der Waals surface area contributed by atoms with Crippen LogP contribution in [0, 0.1) is 0 Å². The molecule has 0 amide bonds. The molecule has 0 saturated heterocycles. The van der Waals surface area contributed by atoms with Gasteiger partial charge >= 0.3 is 0 Å². The molecular formula is C2H2Cl4OS. The van der Waals surface area contributed by atoms with Gasteiger partial charge in [-0.15, -0.1) is 11.6 Å². The van der Waals surface area contributed by atoms with Crippen molar-refractivity contribution in [1.29, 1.82) is 0 Å². The molecule has 6 heteroatoms. The molecule has 0 aromatic heterocycles. The van der Waals surface area contributed by atoms with E-state index in [0.717, 1.165) is 0 Å². The van der Waals surface area contributed by atoms with Crippen molar-refractivity contribution < 1.29 is 4.21 Å². The molecule has 1 atom stereocenters. The first kappa shape index (κ1) is 9.31. The number of rotatable bonds is 1. The molecule has 0 aliphatic heterocycles. The summed E-state index contributed by atoms with van der Waals surface area (Å²) in [5, 5.41) is -0.156. The lowest BCUT2D eigenvalue weighted by molar-refractivity contribution is 0.686. The van der Waals surface area contributed by atoms with Crippen molar-refractivity contribution in [2.24, 2.45) is 0 Å². The van der Waals surface area contributed by atoms with E-state index in [1.807, 2.05) is 0 Å². The van der Waals surface area contributed by atoms with Gasteiger partial charge in [0.25, 0.3) is 3.12 Å². The standard InChI is InChI=1S/C2H2Cl4OS/c3-1-8(7)2(4,5)6/h1H2. The van der Waals surface area contributed by atoms with E-state index in [1.54, 1.807) is 0 Å². The smallest absolute Gasteiger partial charge is 0.254 e. The van der Waals surface area contributed by atoms with Gasteiger partial charge in [0, 0.05) is 0 Å². The fourth-order valence-corrected chi connectivity index (χ4v) is 1.67. The zero-order valence-corrected chi connectivity index (χ0v) is 7.38. The molecule has 0 aliphatic carbocycles. The summed E-state index contributed by atoms with van der Waals surface area (Å²) in [5.74, 6) is 0. The summed E-state index contributed by atoms with van der Waals surface area (Å²) < 4.78 is 8.68. The van der Waals surface area contributed by atoms with Crippen LogP contribution in [0.4, 0.5) is 0 Å². The van der Waals surface area contributed by atoms with Gasteiger partial charge in [-0.2, -0.15) is 0 Å². The number of halogens is 4. The fourth-order valence-electron chi connectivity index (χ4n) is 0.0619. The van der Waals surface area contributed by atoms with E-state index in [0.29, 0.717) is 0 Å². The average Bonchev–Trinajstić information content (AvgIpc) is 1.62. The largest absolute Gasteiger partial charge is 0.267 e. The van der Waals surface area contributed by atoms with Gasteiger partial charge < -0.3 is 0 Å². The van der Waals surface area contributed by atoms with E-state index >= 15 is 0 Å². The molecule has 1 nitrogen and oxygen atoms in total. The molecule has 0 radical (unpaired) electrons. The van der Waals surface area contributed by atoms with Crippen molar-refractivity contribution in [2.45, 2.75) is 3.12 Å². The first-order valence-electron chi connectivity index (χ1n) is 1.49. The molecule has 0 aromatic rings. The highest BCUT2D eigenvalue weighted by Crippen LogP contribution is 2.30. The average molecular weight is 216 g/mol. The SMILES string of the molecule is O=S(CCl)C(Cl)(Cl)Cl. The Kier molecular flexibility index (Phi) is 4.04. The molecule has 0 spiro atoms. The predicted octanol–water partition coefficient (Wildman–Crippen LogP) is 2.26. The Morgan fingerprint density at radius 3 is 1.75 bits per heavy atom. The highest BCUT2D eigenvalue weighted by Gasteiger charge is 2.27. The lowest BCUT2D eigenvalue weighted by Gasteiger charge is -2.05. The van der Waals surface area contributed by atoms with Crippen LogP contribution in [0.1, 0.15) is 0 Å². The quantitative estimate of drug-likeness (QED) is 0.614. The van der Waals surface area contributed by atoms with Crippen molar-refractivity contribution in [3.8, 4) is 0 Å². The summed E-state index contributed by atoms with van der Waals surface area (Å²) in [4.78, 5) is 0. The molecule has 0 rings (SSSR count). The van der Waals surface area contributed by atoms with Crippen LogP contribution in [-0.2, 0) is 10.8 Å². The molecule has 0 bridgehead atoms. The maximum atomic E-state index is 10.4. The summed E-state index contributed by atoms with van der Waals surface area (Å²) in [6.07, 6.45) is 0. The van der Waals surface area contributed by atoms with E-state index in [-0.39, 0.29) is 5.21 Å². The van der Waals surface area contributed by atoms with Crippen LogP contribution < -0.4 is 0 Å². The lowest BCUT2D eigenvalue weighted by Crippen LogP contribution is -2.11. The molecular weight excluding hydrogens is 214 g/mol. The summed E-state index contributed by atoms with van der Waals surface area (Å²) in [5.41, 5.74) is 0. The zero-order valence-electron chi connectivity index (χ0n) is 3.54. The second-order valence-corrected chi connectivity index (χ2v) is 6.03. The predicted molar refractivity (Wildman–Crippen MR) is 39.2 cm³/mol. The Hall–Kier alpha value is 1.31. The van der Waals surface area contributed by atoms with Gasteiger partial charge in [-0.25, -0.2) is 0 Å². The second kappa shape index (κ2) is 3.47. The van der Waals surface area contributed by atoms with Gasteiger partial charge in [0.2, 0.25) is 0 Å². The van der Waals surface area contributed by atoms with E-state index in [9.17, 15) is 4.21 Å². The summed E-state index contributed by atoms with van der Waals surface area (Å²) in [7, 11) is -1.58. The topological polar surface area (TPSA) is 17.1 Å². The molecule has 0 aromatic carbocycles. The Labute approximate surface area is 69.7 Å². The lowest BCUT2D eigenvalue weighted by atomic mass is 11.8. The Balaban J connectivity index is 3.82. The van der Waals surface area contributed by atoms with Gasteiger partial charge in [0.1, 0.15) is 5.21 Å². The Bertz CT molecular complexity index is 96.7. The zero-order chi connectivity index (χ0) is 6.78. The third-order valence-corrected chi connectivity index (χ3v) is 3.22. The minimum atomic E-state index is -1.73. The summed E-state index contributed by atoms with van der Waals surface area (Å²) in [6, 6.07) is 0. The maximum absolute atomic E-state index is 10.4. The highest BCUT2D eigenvalue weighted by atomic mass is 35.6. The normalized spacial score (nSPS) is 16.0. The molecule has 0 heterocycles. The fraction of sp³-hybridized carbons (Fsp3) is 1.00. The number of hydrogen-bond acceptors (Lipinski definition) is 1. The Morgan fingerprint density at radius 2 is 1.75 bits per heavy atom. The van der Waals surface area contributed by atoms with Gasteiger partial charge in [-0.05, 0) is 0 Å². The summed E-state index contributed by atoms with van der Waals surface area (Å²) in [6.45, 7) is 0. The Morgan fingerprint density at radius 1 is 1.38 bits per heavy atom. The molecule has 8 heavy (non-hydrogen) atoms. The summed E-state index contributed by atoms with van der Waals surface area (Å²) >= 11 is 20.5. The molecule has 0 aliphatic rings.